The summed E-state index contributed by atoms with van der Waals surface area (Å²) in [6.45, 7) is 5.47. The van der Waals surface area contributed by atoms with Gasteiger partial charge in [-0.1, -0.05) is 29.8 Å². The third kappa shape index (κ3) is 4.16. The zero-order chi connectivity index (χ0) is 19.4. The number of amides is 2. The van der Waals surface area contributed by atoms with E-state index in [4.69, 9.17) is 4.74 Å². The number of piperazine rings is 1. The van der Waals surface area contributed by atoms with Crippen LogP contribution in [0.4, 0.5) is 4.79 Å². The molecule has 3 rings (SSSR count). The largest absolute Gasteiger partial charge is 0.450 e. The molecule has 1 aromatic heterocycles. The molecule has 1 fully saturated rings. The number of ether oxygens (including phenoxy) is 1. The summed E-state index contributed by atoms with van der Waals surface area (Å²) >= 11 is 0. The van der Waals surface area contributed by atoms with Crippen molar-refractivity contribution in [2.75, 3.05) is 32.8 Å². The molecule has 0 atom stereocenters. The molecule has 27 heavy (non-hydrogen) atoms. The summed E-state index contributed by atoms with van der Waals surface area (Å²) in [5.41, 5.74) is 1.41. The summed E-state index contributed by atoms with van der Waals surface area (Å²) < 4.78 is 4.96. The number of carbonyl (C=O) groups excluding carboxylic acids is 2. The van der Waals surface area contributed by atoms with Crippen LogP contribution in [0, 0.1) is 6.92 Å². The van der Waals surface area contributed by atoms with Crippen molar-refractivity contribution in [1.29, 1.82) is 0 Å². The Kier molecular flexibility index (Phi) is 5.54. The van der Waals surface area contributed by atoms with Gasteiger partial charge in [-0.3, -0.25) is 9.59 Å². The van der Waals surface area contributed by atoms with Crippen LogP contribution in [0.3, 0.4) is 0 Å². The maximum Gasteiger partial charge on any atom is 0.409 e. The number of aromatic nitrogens is 2. The van der Waals surface area contributed by atoms with Crippen LogP contribution in [-0.4, -0.2) is 64.6 Å². The number of nitrogens with one attached hydrogen (secondary N) is 1. The van der Waals surface area contributed by atoms with Crippen LogP contribution < -0.4 is 5.56 Å². The van der Waals surface area contributed by atoms with E-state index in [2.05, 4.69) is 9.97 Å². The van der Waals surface area contributed by atoms with E-state index in [1.807, 2.05) is 31.2 Å². The van der Waals surface area contributed by atoms with Gasteiger partial charge in [0.1, 0.15) is 11.4 Å². The van der Waals surface area contributed by atoms with Gasteiger partial charge < -0.3 is 19.5 Å². The summed E-state index contributed by atoms with van der Waals surface area (Å²) in [4.78, 5) is 46.8. The van der Waals surface area contributed by atoms with Crippen LogP contribution in [0.2, 0.25) is 0 Å². The van der Waals surface area contributed by atoms with Gasteiger partial charge in [0.05, 0.1) is 6.61 Å². The van der Waals surface area contributed by atoms with Crippen molar-refractivity contribution in [3.8, 4) is 11.4 Å². The number of H-pyrrole nitrogens is 1. The number of rotatable bonds is 3. The molecule has 1 N–H and O–H groups in total. The maximum absolute atomic E-state index is 12.6. The molecule has 0 spiro atoms. The Bertz CT molecular complexity index is 883. The molecule has 2 amide bonds. The SMILES string of the molecule is CCOC(=O)N1CCN(C(=O)c2cnc(-c3ccc(C)cc3)[nH]c2=O)CC1. The minimum Gasteiger partial charge on any atom is -0.450 e. The zero-order valence-electron chi connectivity index (χ0n) is 15.4. The van der Waals surface area contributed by atoms with E-state index < -0.39 is 5.56 Å². The van der Waals surface area contributed by atoms with Crippen molar-refractivity contribution in [2.45, 2.75) is 13.8 Å². The van der Waals surface area contributed by atoms with Gasteiger partial charge in [0.15, 0.2) is 0 Å². The van der Waals surface area contributed by atoms with Crippen LogP contribution in [0.5, 0.6) is 0 Å². The number of benzene rings is 1. The van der Waals surface area contributed by atoms with Crippen molar-refractivity contribution in [1.82, 2.24) is 19.8 Å². The molecule has 1 aromatic carbocycles. The van der Waals surface area contributed by atoms with E-state index >= 15 is 0 Å². The normalized spacial score (nSPS) is 14.1. The lowest BCUT2D eigenvalue weighted by Crippen LogP contribution is -2.51. The van der Waals surface area contributed by atoms with Crippen molar-refractivity contribution in [3.05, 3.63) is 51.9 Å². The summed E-state index contributed by atoms with van der Waals surface area (Å²) in [6, 6.07) is 7.59. The van der Waals surface area contributed by atoms with Gasteiger partial charge in [-0.15, -0.1) is 0 Å². The predicted octanol–water partition coefficient (Wildman–Crippen LogP) is 1.66. The zero-order valence-corrected chi connectivity index (χ0v) is 15.4. The molecule has 2 aromatic rings. The Labute approximate surface area is 156 Å². The third-order valence-electron chi connectivity index (χ3n) is 4.45. The lowest BCUT2D eigenvalue weighted by Gasteiger charge is -2.33. The van der Waals surface area contributed by atoms with Crippen molar-refractivity contribution in [2.24, 2.45) is 0 Å². The Morgan fingerprint density at radius 2 is 1.74 bits per heavy atom. The Hall–Kier alpha value is -3.16. The molecule has 0 bridgehead atoms. The molecule has 0 aliphatic carbocycles. The van der Waals surface area contributed by atoms with Crippen molar-refractivity contribution in [3.63, 3.8) is 0 Å². The van der Waals surface area contributed by atoms with Gasteiger partial charge in [0.2, 0.25) is 0 Å². The molecule has 1 aliphatic rings. The fraction of sp³-hybridized carbons (Fsp3) is 0.368. The Morgan fingerprint density at radius 3 is 2.33 bits per heavy atom. The number of aryl methyl sites for hydroxylation is 1. The molecule has 8 nitrogen and oxygen atoms in total. The van der Waals surface area contributed by atoms with Crippen molar-refractivity contribution < 1.29 is 14.3 Å². The number of hydrogen-bond acceptors (Lipinski definition) is 5. The molecule has 0 radical (unpaired) electrons. The topological polar surface area (TPSA) is 95.6 Å². The summed E-state index contributed by atoms with van der Waals surface area (Å²) in [5, 5.41) is 0. The van der Waals surface area contributed by atoms with Gasteiger partial charge in [-0.2, -0.15) is 0 Å². The highest BCUT2D eigenvalue weighted by Gasteiger charge is 2.27. The minimum atomic E-state index is -0.474. The van der Waals surface area contributed by atoms with Gasteiger partial charge >= 0.3 is 6.09 Å². The smallest absolute Gasteiger partial charge is 0.409 e. The highest BCUT2D eigenvalue weighted by molar-refractivity contribution is 5.93. The first kappa shape index (κ1) is 18.6. The van der Waals surface area contributed by atoms with Crippen LogP contribution in [0.25, 0.3) is 11.4 Å². The van der Waals surface area contributed by atoms with Crippen LogP contribution in [0.15, 0.2) is 35.3 Å². The van der Waals surface area contributed by atoms with E-state index in [1.165, 1.54) is 6.20 Å². The van der Waals surface area contributed by atoms with Gasteiger partial charge in [0.25, 0.3) is 11.5 Å². The second-order valence-electron chi connectivity index (χ2n) is 6.32. The fourth-order valence-corrected chi connectivity index (χ4v) is 2.88. The summed E-state index contributed by atoms with van der Waals surface area (Å²) in [5.74, 6) is 0.0337. The highest BCUT2D eigenvalue weighted by Crippen LogP contribution is 2.14. The molecule has 0 saturated carbocycles. The van der Waals surface area contributed by atoms with Crippen LogP contribution in [0.1, 0.15) is 22.8 Å². The molecular weight excluding hydrogens is 348 g/mol. The lowest BCUT2D eigenvalue weighted by atomic mass is 10.1. The first-order valence-corrected chi connectivity index (χ1v) is 8.87. The van der Waals surface area contributed by atoms with Crippen molar-refractivity contribution >= 4 is 12.0 Å². The maximum atomic E-state index is 12.6. The number of carbonyl (C=O) groups is 2. The van der Waals surface area contributed by atoms with E-state index in [-0.39, 0.29) is 17.6 Å². The number of nitrogens with zero attached hydrogens (tertiary/aromatic N) is 3. The summed E-state index contributed by atoms with van der Waals surface area (Å²) in [6.07, 6.45) is 0.931. The minimum absolute atomic E-state index is 0.00422. The Balaban J connectivity index is 1.70. The molecule has 1 aliphatic heterocycles. The standard InChI is InChI=1S/C19H22N4O4/c1-3-27-19(26)23-10-8-22(9-11-23)18(25)15-12-20-16(21-17(15)24)14-6-4-13(2)5-7-14/h4-7,12H,3,8-11H2,1-2H3,(H,20,21,24). The van der Waals surface area contributed by atoms with Gasteiger partial charge in [-0.25, -0.2) is 9.78 Å². The number of aromatic amines is 1. The van der Waals surface area contributed by atoms with E-state index in [0.717, 1.165) is 11.1 Å². The van der Waals surface area contributed by atoms with E-state index in [9.17, 15) is 14.4 Å². The van der Waals surface area contributed by atoms with E-state index in [0.29, 0.717) is 38.6 Å². The average molecular weight is 370 g/mol. The fourth-order valence-electron chi connectivity index (χ4n) is 2.88. The van der Waals surface area contributed by atoms with Crippen LogP contribution >= 0.6 is 0 Å². The summed E-state index contributed by atoms with van der Waals surface area (Å²) in [7, 11) is 0. The molecule has 142 valence electrons. The quantitative estimate of drug-likeness (QED) is 0.886. The first-order chi connectivity index (χ1) is 13.0. The molecule has 1 saturated heterocycles. The monoisotopic (exact) mass is 370 g/mol. The first-order valence-electron chi connectivity index (χ1n) is 8.87. The molecule has 0 unspecified atom stereocenters. The van der Waals surface area contributed by atoms with Gasteiger partial charge in [0, 0.05) is 37.9 Å². The lowest BCUT2D eigenvalue weighted by molar-refractivity contribution is 0.0568. The van der Waals surface area contributed by atoms with E-state index in [1.54, 1.807) is 16.7 Å². The molecule has 2 heterocycles. The molecular formula is C19H22N4O4. The Morgan fingerprint density at radius 1 is 1.11 bits per heavy atom. The predicted molar refractivity (Wildman–Crippen MR) is 99.5 cm³/mol. The number of hydrogen-bond donors (Lipinski definition) is 1. The van der Waals surface area contributed by atoms with Gasteiger partial charge in [-0.05, 0) is 13.8 Å². The molecule has 8 heteroatoms. The average Bonchev–Trinajstić information content (AvgIpc) is 2.68. The second kappa shape index (κ2) is 8.03. The highest BCUT2D eigenvalue weighted by atomic mass is 16.6. The third-order valence-corrected chi connectivity index (χ3v) is 4.45. The van der Waals surface area contributed by atoms with Crippen LogP contribution in [-0.2, 0) is 4.74 Å². The second-order valence-corrected chi connectivity index (χ2v) is 6.32.